The number of nitrogens with one attached hydrogen (secondary N) is 1. The number of hydrogen-bond donors (Lipinski definition) is 2. The zero-order valence-corrected chi connectivity index (χ0v) is 9.25. The van der Waals surface area contributed by atoms with Gasteiger partial charge >= 0.3 is 5.97 Å². The first-order valence-electron chi connectivity index (χ1n) is 5.15. The number of aliphatic carboxylic acids is 1. The molecule has 0 aromatic rings. The summed E-state index contributed by atoms with van der Waals surface area (Å²) in [5.74, 6) is -1.07. The number of rotatable bonds is 6. The average Bonchev–Trinajstić information content (AvgIpc) is 2.84. The van der Waals surface area contributed by atoms with Crippen LogP contribution in [-0.2, 0) is 9.59 Å². The fraction of sp³-hybridized carbons (Fsp3) is 0.800. The zero-order chi connectivity index (χ0) is 11.5. The number of carboxylic acids is 1. The van der Waals surface area contributed by atoms with Crippen molar-refractivity contribution in [2.75, 3.05) is 20.6 Å². The van der Waals surface area contributed by atoms with Gasteiger partial charge < -0.3 is 15.3 Å². The van der Waals surface area contributed by atoms with Gasteiger partial charge in [0.2, 0.25) is 5.91 Å². The minimum atomic E-state index is -0.935. The number of carbonyl (C=O) groups is 2. The van der Waals surface area contributed by atoms with Crippen LogP contribution in [-0.4, -0.2) is 48.1 Å². The van der Waals surface area contributed by atoms with Crippen LogP contribution < -0.4 is 5.32 Å². The van der Waals surface area contributed by atoms with Gasteiger partial charge in [-0.1, -0.05) is 0 Å². The van der Waals surface area contributed by atoms with Gasteiger partial charge in [-0.2, -0.15) is 0 Å². The Balaban J connectivity index is 2.22. The van der Waals surface area contributed by atoms with Gasteiger partial charge in [0.1, 0.15) is 5.54 Å². The van der Waals surface area contributed by atoms with Crippen molar-refractivity contribution >= 4 is 11.9 Å². The van der Waals surface area contributed by atoms with Crippen molar-refractivity contribution in [3.8, 4) is 0 Å². The van der Waals surface area contributed by atoms with Crippen molar-refractivity contribution in [2.24, 2.45) is 0 Å². The lowest BCUT2D eigenvalue weighted by atomic mass is 10.2. The molecule has 0 aromatic carbocycles. The predicted molar refractivity (Wildman–Crippen MR) is 55.5 cm³/mol. The molecular weight excluding hydrogens is 196 g/mol. The highest BCUT2D eigenvalue weighted by molar-refractivity contribution is 5.89. The summed E-state index contributed by atoms with van der Waals surface area (Å²) < 4.78 is 0. The fourth-order valence-electron chi connectivity index (χ4n) is 1.40. The van der Waals surface area contributed by atoms with Gasteiger partial charge in [-0.25, -0.2) is 4.79 Å². The Morgan fingerprint density at radius 2 is 2.00 bits per heavy atom. The molecule has 0 atom stereocenters. The third kappa shape index (κ3) is 3.51. The van der Waals surface area contributed by atoms with Crippen LogP contribution in [0.1, 0.15) is 25.7 Å². The molecule has 1 aliphatic carbocycles. The number of carboxylic acid groups (broad SMARTS) is 1. The average molecular weight is 214 g/mol. The molecule has 5 nitrogen and oxygen atoms in total. The molecule has 0 spiro atoms. The topological polar surface area (TPSA) is 69.6 Å². The highest BCUT2D eigenvalue weighted by Gasteiger charge is 2.51. The molecule has 2 N–H and O–H groups in total. The molecule has 1 amide bonds. The molecule has 0 radical (unpaired) electrons. The summed E-state index contributed by atoms with van der Waals surface area (Å²) in [4.78, 5) is 24.2. The van der Waals surface area contributed by atoms with Gasteiger partial charge in [0.15, 0.2) is 0 Å². The minimum Gasteiger partial charge on any atom is -0.480 e. The van der Waals surface area contributed by atoms with E-state index in [-0.39, 0.29) is 5.91 Å². The smallest absolute Gasteiger partial charge is 0.329 e. The van der Waals surface area contributed by atoms with Crippen molar-refractivity contribution < 1.29 is 14.7 Å². The first-order valence-corrected chi connectivity index (χ1v) is 5.15. The predicted octanol–water partition coefficient (Wildman–Crippen LogP) is 0.0616. The van der Waals surface area contributed by atoms with Crippen molar-refractivity contribution in [3.05, 3.63) is 0 Å². The Bertz CT molecular complexity index is 259. The summed E-state index contributed by atoms with van der Waals surface area (Å²) in [5, 5.41) is 11.4. The van der Waals surface area contributed by atoms with E-state index in [4.69, 9.17) is 5.11 Å². The quantitative estimate of drug-likeness (QED) is 0.656. The summed E-state index contributed by atoms with van der Waals surface area (Å²) in [6.07, 6.45) is 2.27. The van der Waals surface area contributed by atoms with Crippen molar-refractivity contribution in [1.82, 2.24) is 10.2 Å². The molecule has 1 aliphatic rings. The Kier molecular flexibility index (Phi) is 3.68. The molecular formula is C10H18N2O3. The third-order valence-corrected chi connectivity index (χ3v) is 2.55. The summed E-state index contributed by atoms with van der Waals surface area (Å²) in [6.45, 7) is 0.841. The maximum Gasteiger partial charge on any atom is 0.329 e. The van der Waals surface area contributed by atoms with Crippen molar-refractivity contribution in [3.63, 3.8) is 0 Å². The highest BCUT2D eigenvalue weighted by Crippen LogP contribution is 2.35. The van der Waals surface area contributed by atoms with Gasteiger partial charge in [0.05, 0.1) is 0 Å². The van der Waals surface area contributed by atoms with Gasteiger partial charge in [0.25, 0.3) is 0 Å². The van der Waals surface area contributed by atoms with Gasteiger partial charge in [-0.15, -0.1) is 0 Å². The minimum absolute atomic E-state index is 0.156. The zero-order valence-electron chi connectivity index (χ0n) is 9.25. The van der Waals surface area contributed by atoms with Gasteiger partial charge in [-0.05, 0) is 39.9 Å². The van der Waals surface area contributed by atoms with E-state index >= 15 is 0 Å². The van der Waals surface area contributed by atoms with E-state index in [1.807, 2.05) is 19.0 Å². The number of hydrogen-bond acceptors (Lipinski definition) is 3. The Hall–Kier alpha value is -1.10. The third-order valence-electron chi connectivity index (χ3n) is 2.55. The first kappa shape index (κ1) is 12.0. The monoisotopic (exact) mass is 214 g/mol. The Morgan fingerprint density at radius 1 is 1.40 bits per heavy atom. The lowest BCUT2D eigenvalue weighted by molar-refractivity contribution is -0.143. The van der Waals surface area contributed by atoms with Crippen LogP contribution in [0.3, 0.4) is 0 Å². The van der Waals surface area contributed by atoms with E-state index in [2.05, 4.69) is 5.32 Å². The molecule has 0 bridgehead atoms. The van der Waals surface area contributed by atoms with E-state index in [0.29, 0.717) is 19.3 Å². The van der Waals surface area contributed by atoms with E-state index in [1.165, 1.54) is 0 Å². The highest BCUT2D eigenvalue weighted by atomic mass is 16.4. The SMILES string of the molecule is CN(C)CCCC(=O)NC1(C(=O)O)CC1. The molecule has 0 heterocycles. The van der Waals surface area contributed by atoms with E-state index in [0.717, 1.165) is 13.0 Å². The molecule has 86 valence electrons. The van der Waals surface area contributed by atoms with Crippen LogP contribution in [0.25, 0.3) is 0 Å². The van der Waals surface area contributed by atoms with Crippen LogP contribution in [0.15, 0.2) is 0 Å². The van der Waals surface area contributed by atoms with Crippen LogP contribution in [0.4, 0.5) is 0 Å². The normalized spacial score (nSPS) is 17.5. The van der Waals surface area contributed by atoms with Crippen LogP contribution in [0.5, 0.6) is 0 Å². The summed E-state index contributed by atoms with van der Waals surface area (Å²) in [7, 11) is 3.88. The molecule has 0 aromatic heterocycles. The lowest BCUT2D eigenvalue weighted by Crippen LogP contribution is -2.43. The maximum absolute atomic E-state index is 11.4. The molecule has 15 heavy (non-hydrogen) atoms. The van der Waals surface area contributed by atoms with Crippen LogP contribution in [0.2, 0.25) is 0 Å². The van der Waals surface area contributed by atoms with Gasteiger partial charge in [0, 0.05) is 6.42 Å². The molecule has 0 unspecified atom stereocenters. The summed E-state index contributed by atoms with van der Waals surface area (Å²) in [5.41, 5.74) is -0.935. The molecule has 0 saturated heterocycles. The molecule has 1 fully saturated rings. The van der Waals surface area contributed by atoms with E-state index in [9.17, 15) is 9.59 Å². The number of nitrogens with zero attached hydrogens (tertiary/aromatic N) is 1. The maximum atomic E-state index is 11.4. The standard InChI is InChI=1S/C10H18N2O3/c1-12(2)7-3-4-8(13)11-10(5-6-10)9(14)15/h3-7H2,1-2H3,(H,11,13)(H,14,15). The van der Waals surface area contributed by atoms with Crippen LogP contribution in [0, 0.1) is 0 Å². The first-order chi connectivity index (χ1) is 6.96. The summed E-state index contributed by atoms with van der Waals surface area (Å²) >= 11 is 0. The van der Waals surface area contributed by atoms with Gasteiger partial charge in [-0.3, -0.25) is 4.79 Å². The molecule has 0 aliphatic heterocycles. The largest absolute Gasteiger partial charge is 0.480 e. The summed E-state index contributed by atoms with van der Waals surface area (Å²) in [6, 6.07) is 0. The Labute approximate surface area is 89.4 Å². The van der Waals surface area contributed by atoms with E-state index in [1.54, 1.807) is 0 Å². The Morgan fingerprint density at radius 3 is 2.40 bits per heavy atom. The van der Waals surface area contributed by atoms with Crippen LogP contribution >= 0.6 is 0 Å². The number of amides is 1. The molecule has 1 saturated carbocycles. The van der Waals surface area contributed by atoms with Crippen molar-refractivity contribution in [2.45, 2.75) is 31.2 Å². The van der Waals surface area contributed by atoms with E-state index < -0.39 is 11.5 Å². The molecule has 1 rings (SSSR count). The number of carbonyl (C=O) groups excluding carboxylic acids is 1. The second kappa shape index (κ2) is 4.61. The lowest BCUT2D eigenvalue weighted by Gasteiger charge is -2.13. The fourth-order valence-corrected chi connectivity index (χ4v) is 1.40. The van der Waals surface area contributed by atoms with Crippen molar-refractivity contribution in [1.29, 1.82) is 0 Å². The second-order valence-corrected chi connectivity index (χ2v) is 4.34. The second-order valence-electron chi connectivity index (χ2n) is 4.34. The molecule has 5 heteroatoms.